The number of aromatic nitrogens is 4. The van der Waals surface area contributed by atoms with E-state index < -0.39 is 4.92 Å². The van der Waals surface area contributed by atoms with Crippen molar-refractivity contribution in [3.05, 3.63) is 64.1 Å². The average Bonchev–Trinajstić information content (AvgIpc) is 3.32. The normalized spacial score (nSPS) is 16.8. The maximum absolute atomic E-state index is 11.0. The molecule has 1 aromatic carbocycles. The van der Waals surface area contributed by atoms with Gasteiger partial charge in [0.05, 0.1) is 16.7 Å². The second kappa shape index (κ2) is 6.55. The summed E-state index contributed by atoms with van der Waals surface area (Å²) in [6.45, 7) is 2.81. The Bertz CT molecular complexity index is 941. The van der Waals surface area contributed by atoms with Gasteiger partial charge in [-0.25, -0.2) is 9.97 Å². The molecule has 1 saturated heterocycles. The molecule has 1 aliphatic rings. The van der Waals surface area contributed by atoms with E-state index in [-0.39, 0.29) is 11.7 Å². The number of rotatable bonds is 4. The zero-order valence-corrected chi connectivity index (χ0v) is 14.3. The van der Waals surface area contributed by atoms with Crippen LogP contribution in [0.3, 0.4) is 0 Å². The first-order valence-corrected chi connectivity index (χ1v) is 8.48. The highest BCUT2D eigenvalue weighted by molar-refractivity contribution is 5.61. The third kappa shape index (κ3) is 3.01. The first kappa shape index (κ1) is 16.2. The summed E-state index contributed by atoms with van der Waals surface area (Å²) in [5.41, 5.74) is 2.56. The van der Waals surface area contributed by atoms with E-state index in [0.29, 0.717) is 11.4 Å². The summed E-state index contributed by atoms with van der Waals surface area (Å²) in [5.74, 6) is 1.33. The molecule has 1 aliphatic heterocycles. The van der Waals surface area contributed by atoms with Crippen molar-refractivity contribution in [1.29, 1.82) is 0 Å². The molecule has 1 fully saturated rings. The lowest BCUT2D eigenvalue weighted by Crippen LogP contribution is -2.24. The molecule has 0 unspecified atom stereocenters. The summed E-state index contributed by atoms with van der Waals surface area (Å²) < 4.78 is 0. The quantitative estimate of drug-likeness (QED) is 0.571. The van der Waals surface area contributed by atoms with Crippen molar-refractivity contribution in [2.75, 3.05) is 11.4 Å². The predicted molar refractivity (Wildman–Crippen MR) is 96.8 cm³/mol. The molecule has 0 saturated carbocycles. The number of nitro groups is 1. The number of hydrogen-bond acceptors (Lipinski definition) is 6. The molecule has 8 nitrogen and oxygen atoms in total. The van der Waals surface area contributed by atoms with Crippen molar-refractivity contribution in [1.82, 2.24) is 20.2 Å². The van der Waals surface area contributed by atoms with Crippen LogP contribution in [0.2, 0.25) is 0 Å². The maximum atomic E-state index is 11.0. The summed E-state index contributed by atoms with van der Waals surface area (Å²) in [6, 6.07) is 10.6. The van der Waals surface area contributed by atoms with E-state index in [2.05, 4.69) is 20.1 Å². The molecule has 0 amide bonds. The summed E-state index contributed by atoms with van der Waals surface area (Å²) in [6.07, 6.45) is 3.85. The Balaban J connectivity index is 1.73. The topological polar surface area (TPSA) is 101 Å². The number of aryl methyl sites for hydroxylation is 1. The van der Waals surface area contributed by atoms with E-state index in [1.807, 2.05) is 19.1 Å². The van der Waals surface area contributed by atoms with Crippen molar-refractivity contribution >= 4 is 11.5 Å². The molecule has 2 aromatic heterocycles. The minimum absolute atomic E-state index is 0.0330. The first-order chi connectivity index (χ1) is 12.6. The molecule has 0 bridgehead atoms. The third-order valence-electron chi connectivity index (χ3n) is 4.58. The van der Waals surface area contributed by atoms with Crippen LogP contribution >= 0.6 is 0 Å². The first-order valence-electron chi connectivity index (χ1n) is 8.48. The SMILES string of the molecule is Cc1cc(N2CCC[C@@H]2c2ccn[nH]2)nc(-c2cccc([N+](=O)[O-])c2)n1. The van der Waals surface area contributed by atoms with Gasteiger partial charge in [-0.3, -0.25) is 15.2 Å². The molecule has 1 atom stereocenters. The molecular weight excluding hydrogens is 332 g/mol. The van der Waals surface area contributed by atoms with E-state index in [1.165, 1.54) is 12.1 Å². The predicted octanol–water partition coefficient (Wildman–Crippen LogP) is 3.42. The van der Waals surface area contributed by atoms with Gasteiger partial charge in [-0.15, -0.1) is 0 Å². The fraction of sp³-hybridized carbons (Fsp3) is 0.278. The highest BCUT2D eigenvalue weighted by Crippen LogP contribution is 2.35. The zero-order valence-electron chi connectivity index (χ0n) is 14.3. The van der Waals surface area contributed by atoms with Crippen LogP contribution in [0.4, 0.5) is 11.5 Å². The Labute approximate surface area is 150 Å². The van der Waals surface area contributed by atoms with Crippen LogP contribution in [0.25, 0.3) is 11.4 Å². The Hall–Kier alpha value is -3.29. The number of anilines is 1. The molecule has 1 N–H and O–H groups in total. The fourth-order valence-electron chi connectivity index (χ4n) is 3.40. The molecule has 26 heavy (non-hydrogen) atoms. The fourth-order valence-corrected chi connectivity index (χ4v) is 3.40. The van der Waals surface area contributed by atoms with E-state index in [1.54, 1.807) is 18.3 Å². The Morgan fingerprint density at radius 1 is 1.27 bits per heavy atom. The van der Waals surface area contributed by atoms with E-state index in [4.69, 9.17) is 4.98 Å². The molecular formula is C18H18N6O2. The van der Waals surface area contributed by atoms with Crippen molar-refractivity contribution < 1.29 is 4.92 Å². The van der Waals surface area contributed by atoms with Crippen molar-refractivity contribution in [3.63, 3.8) is 0 Å². The summed E-state index contributed by atoms with van der Waals surface area (Å²) in [4.78, 5) is 22.1. The molecule has 0 spiro atoms. The molecule has 0 aliphatic carbocycles. The van der Waals surface area contributed by atoms with Crippen LogP contribution in [-0.2, 0) is 0 Å². The summed E-state index contributed by atoms with van der Waals surface area (Å²) in [7, 11) is 0. The van der Waals surface area contributed by atoms with Crippen LogP contribution < -0.4 is 4.90 Å². The molecule has 0 radical (unpaired) electrons. The molecule has 3 heterocycles. The average molecular weight is 350 g/mol. The van der Waals surface area contributed by atoms with Crippen LogP contribution in [0.15, 0.2) is 42.6 Å². The number of non-ortho nitro benzene ring substituents is 1. The number of hydrogen-bond donors (Lipinski definition) is 1. The van der Waals surface area contributed by atoms with E-state index >= 15 is 0 Å². The van der Waals surface area contributed by atoms with Gasteiger partial charge in [-0.2, -0.15) is 5.10 Å². The van der Waals surface area contributed by atoms with Gasteiger partial charge in [-0.1, -0.05) is 12.1 Å². The molecule has 4 rings (SSSR count). The summed E-state index contributed by atoms with van der Waals surface area (Å²) >= 11 is 0. The lowest BCUT2D eigenvalue weighted by molar-refractivity contribution is -0.384. The summed E-state index contributed by atoms with van der Waals surface area (Å²) in [5, 5.41) is 18.2. The van der Waals surface area contributed by atoms with Gasteiger partial charge in [0.25, 0.3) is 5.69 Å². The van der Waals surface area contributed by atoms with Gasteiger partial charge in [0.15, 0.2) is 5.82 Å². The minimum atomic E-state index is -0.408. The van der Waals surface area contributed by atoms with Crippen LogP contribution in [0.5, 0.6) is 0 Å². The minimum Gasteiger partial charge on any atom is -0.348 e. The zero-order chi connectivity index (χ0) is 18.1. The Kier molecular flexibility index (Phi) is 4.08. The highest BCUT2D eigenvalue weighted by atomic mass is 16.6. The monoisotopic (exact) mass is 350 g/mol. The second-order valence-corrected chi connectivity index (χ2v) is 6.36. The van der Waals surface area contributed by atoms with E-state index in [0.717, 1.165) is 36.6 Å². The maximum Gasteiger partial charge on any atom is 0.270 e. The van der Waals surface area contributed by atoms with Crippen LogP contribution in [0, 0.1) is 17.0 Å². The van der Waals surface area contributed by atoms with Gasteiger partial charge in [0.2, 0.25) is 0 Å². The number of benzene rings is 1. The lowest BCUT2D eigenvalue weighted by atomic mass is 10.1. The lowest BCUT2D eigenvalue weighted by Gasteiger charge is -2.25. The molecule has 132 valence electrons. The van der Waals surface area contributed by atoms with Gasteiger partial charge in [-0.05, 0) is 25.8 Å². The number of nitrogens with zero attached hydrogens (tertiary/aromatic N) is 5. The standard InChI is InChI=1S/C18H18N6O2/c1-12-10-17(23-9-3-6-16(23)15-7-8-19-22-15)21-18(20-12)13-4-2-5-14(11-13)24(25)26/h2,4-5,7-8,10-11,16H,3,6,9H2,1H3,(H,19,22)/t16-/m1/s1. The second-order valence-electron chi connectivity index (χ2n) is 6.36. The van der Waals surface area contributed by atoms with Crippen molar-refractivity contribution in [2.45, 2.75) is 25.8 Å². The van der Waals surface area contributed by atoms with Crippen LogP contribution in [-0.4, -0.2) is 31.6 Å². The van der Waals surface area contributed by atoms with E-state index in [9.17, 15) is 10.1 Å². The van der Waals surface area contributed by atoms with Gasteiger partial charge < -0.3 is 4.90 Å². The molecule has 3 aromatic rings. The number of nitrogens with one attached hydrogen (secondary N) is 1. The molecule has 8 heteroatoms. The van der Waals surface area contributed by atoms with Gasteiger partial charge in [0, 0.05) is 42.2 Å². The van der Waals surface area contributed by atoms with Gasteiger partial charge in [0.1, 0.15) is 5.82 Å². The van der Waals surface area contributed by atoms with Gasteiger partial charge >= 0.3 is 0 Å². The highest BCUT2D eigenvalue weighted by Gasteiger charge is 2.28. The largest absolute Gasteiger partial charge is 0.348 e. The number of nitro benzene ring substituents is 1. The Morgan fingerprint density at radius 3 is 2.92 bits per heavy atom. The van der Waals surface area contributed by atoms with Crippen molar-refractivity contribution in [2.24, 2.45) is 0 Å². The third-order valence-corrected chi connectivity index (χ3v) is 4.58. The van der Waals surface area contributed by atoms with Crippen LogP contribution in [0.1, 0.15) is 30.3 Å². The Morgan fingerprint density at radius 2 is 2.15 bits per heavy atom. The van der Waals surface area contributed by atoms with Crippen molar-refractivity contribution in [3.8, 4) is 11.4 Å². The smallest absolute Gasteiger partial charge is 0.270 e. The number of H-pyrrole nitrogens is 1. The number of aromatic amines is 1.